The van der Waals surface area contributed by atoms with E-state index in [1.165, 1.54) is 6.42 Å². The number of nitrogens with zero attached hydrogens (tertiary/aromatic N) is 5. The van der Waals surface area contributed by atoms with Crippen molar-refractivity contribution in [2.45, 2.75) is 26.8 Å². The summed E-state index contributed by atoms with van der Waals surface area (Å²) in [6, 6.07) is 10.1. The van der Waals surface area contributed by atoms with Crippen molar-refractivity contribution in [3.8, 4) is 5.69 Å². The minimum absolute atomic E-state index is 0. The summed E-state index contributed by atoms with van der Waals surface area (Å²) in [5.74, 6) is 1.80. The van der Waals surface area contributed by atoms with E-state index in [0.29, 0.717) is 12.0 Å². The highest BCUT2D eigenvalue weighted by Gasteiger charge is 2.30. The van der Waals surface area contributed by atoms with Gasteiger partial charge in [-0.15, -0.1) is 34.2 Å². The van der Waals surface area contributed by atoms with Crippen molar-refractivity contribution in [1.29, 1.82) is 0 Å². The first-order chi connectivity index (χ1) is 11.1. The average Bonchev–Trinajstić information content (AvgIpc) is 3.15. The van der Waals surface area contributed by atoms with E-state index in [-0.39, 0.29) is 24.0 Å². The van der Waals surface area contributed by atoms with Gasteiger partial charge in [0, 0.05) is 25.8 Å². The quantitative estimate of drug-likeness (QED) is 0.453. The first-order valence-electron chi connectivity index (χ1n) is 7.99. The number of halogens is 1. The summed E-state index contributed by atoms with van der Waals surface area (Å²) in [5.41, 5.74) is 1.41. The maximum atomic E-state index is 4.41. The highest BCUT2D eigenvalue weighted by Crippen LogP contribution is 2.28. The Kier molecular flexibility index (Phi) is 6.20. The lowest BCUT2D eigenvalue weighted by molar-refractivity contribution is 0.370. The Morgan fingerprint density at radius 3 is 2.67 bits per heavy atom. The third-order valence-electron chi connectivity index (χ3n) is 4.25. The van der Waals surface area contributed by atoms with Crippen molar-refractivity contribution in [2.24, 2.45) is 10.4 Å². The molecule has 0 spiro atoms. The SMILES string of the molecule is CN=C(NCc1nncn1-c1ccccc1)N1CCC(C)(C)C1.I. The number of likely N-dealkylation sites (tertiary alicyclic amines) is 1. The lowest BCUT2D eigenvalue weighted by Crippen LogP contribution is -2.40. The third-order valence-corrected chi connectivity index (χ3v) is 4.25. The van der Waals surface area contributed by atoms with Gasteiger partial charge in [0.05, 0.1) is 6.54 Å². The standard InChI is InChI=1S/C17H24N6.HI/c1-17(2)9-10-22(12-17)16(18-3)19-11-15-21-20-13-23(15)14-7-5-4-6-8-14;/h4-8,13H,9-12H2,1-3H3,(H,18,19);1H. The highest BCUT2D eigenvalue weighted by atomic mass is 127. The summed E-state index contributed by atoms with van der Waals surface area (Å²) in [6.07, 6.45) is 2.93. The van der Waals surface area contributed by atoms with E-state index in [1.54, 1.807) is 6.33 Å². The normalized spacial score (nSPS) is 16.8. The monoisotopic (exact) mass is 440 g/mol. The molecule has 0 unspecified atom stereocenters. The molecule has 0 saturated carbocycles. The fraction of sp³-hybridized carbons (Fsp3) is 0.471. The number of aromatic nitrogens is 3. The number of aliphatic imine (C=N–C) groups is 1. The van der Waals surface area contributed by atoms with E-state index in [9.17, 15) is 0 Å². The van der Waals surface area contributed by atoms with Gasteiger partial charge >= 0.3 is 0 Å². The molecule has 24 heavy (non-hydrogen) atoms. The van der Waals surface area contributed by atoms with Crippen LogP contribution in [-0.4, -0.2) is 45.8 Å². The van der Waals surface area contributed by atoms with Crippen molar-refractivity contribution < 1.29 is 0 Å². The topological polar surface area (TPSA) is 58.3 Å². The minimum Gasteiger partial charge on any atom is -0.349 e. The molecule has 2 aromatic rings. The van der Waals surface area contributed by atoms with Crippen LogP contribution >= 0.6 is 24.0 Å². The molecule has 1 fully saturated rings. The van der Waals surface area contributed by atoms with Gasteiger partial charge in [0.15, 0.2) is 11.8 Å². The molecule has 0 radical (unpaired) electrons. The van der Waals surface area contributed by atoms with Crippen LogP contribution in [0, 0.1) is 5.41 Å². The molecule has 1 aromatic heterocycles. The van der Waals surface area contributed by atoms with Gasteiger partial charge in [-0.2, -0.15) is 0 Å². The molecule has 0 amide bonds. The summed E-state index contributed by atoms with van der Waals surface area (Å²) in [4.78, 5) is 6.72. The molecule has 6 nitrogen and oxygen atoms in total. The van der Waals surface area contributed by atoms with E-state index >= 15 is 0 Å². The van der Waals surface area contributed by atoms with Crippen molar-refractivity contribution in [3.05, 3.63) is 42.5 Å². The van der Waals surface area contributed by atoms with E-state index < -0.39 is 0 Å². The zero-order valence-corrected chi connectivity index (χ0v) is 16.8. The smallest absolute Gasteiger partial charge is 0.194 e. The Balaban J connectivity index is 0.00000208. The molecule has 1 N–H and O–H groups in total. The maximum absolute atomic E-state index is 4.41. The molecule has 1 aromatic carbocycles. The van der Waals surface area contributed by atoms with Crippen molar-refractivity contribution >= 4 is 29.9 Å². The van der Waals surface area contributed by atoms with Crippen LogP contribution in [-0.2, 0) is 6.54 Å². The van der Waals surface area contributed by atoms with Crippen LogP contribution in [0.2, 0.25) is 0 Å². The Morgan fingerprint density at radius 2 is 2.04 bits per heavy atom. The second kappa shape index (κ2) is 7.96. The number of benzene rings is 1. The lowest BCUT2D eigenvalue weighted by atomic mass is 9.93. The summed E-state index contributed by atoms with van der Waals surface area (Å²) in [5, 5.41) is 11.7. The summed E-state index contributed by atoms with van der Waals surface area (Å²) in [6.45, 7) is 7.26. The predicted octanol–water partition coefficient (Wildman–Crippen LogP) is 2.69. The van der Waals surface area contributed by atoms with E-state index in [0.717, 1.165) is 30.6 Å². The maximum Gasteiger partial charge on any atom is 0.194 e. The summed E-state index contributed by atoms with van der Waals surface area (Å²) < 4.78 is 1.99. The van der Waals surface area contributed by atoms with Gasteiger partial charge in [-0.05, 0) is 24.0 Å². The first-order valence-corrected chi connectivity index (χ1v) is 7.99. The molecule has 1 saturated heterocycles. The van der Waals surface area contributed by atoms with E-state index in [4.69, 9.17) is 0 Å². The number of rotatable bonds is 3. The van der Waals surface area contributed by atoms with Gasteiger partial charge in [0.2, 0.25) is 0 Å². The molecule has 0 atom stereocenters. The predicted molar refractivity (Wildman–Crippen MR) is 107 cm³/mol. The number of nitrogens with one attached hydrogen (secondary N) is 1. The highest BCUT2D eigenvalue weighted by molar-refractivity contribution is 14.0. The largest absolute Gasteiger partial charge is 0.349 e. The molecular formula is C17H25IN6. The van der Waals surface area contributed by atoms with Crippen LogP contribution in [0.1, 0.15) is 26.1 Å². The second-order valence-electron chi connectivity index (χ2n) is 6.69. The molecule has 130 valence electrons. The van der Waals surface area contributed by atoms with Gasteiger partial charge in [-0.1, -0.05) is 32.0 Å². The van der Waals surface area contributed by atoms with Crippen molar-refractivity contribution in [3.63, 3.8) is 0 Å². The molecular weight excluding hydrogens is 415 g/mol. The Morgan fingerprint density at radius 1 is 1.29 bits per heavy atom. The van der Waals surface area contributed by atoms with Gasteiger partial charge in [0.25, 0.3) is 0 Å². The average molecular weight is 440 g/mol. The van der Waals surface area contributed by atoms with Gasteiger partial charge < -0.3 is 10.2 Å². The van der Waals surface area contributed by atoms with Crippen LogP contribution in [0.15, 0.2) is 41.7 Å². The molecule has 0 aliphatic carbocycles. The zero-order valence-electron chi connectivity index (χ0n) is 14.4. The van der Waals surface area contributed by atoms with Crippen LogP contribution in [0.5, 0.6) is 0 Å². The van der Waals surface area contributed by atoms with Crippen LogP contribution < -0.4 is 5.32 Å². The number of hydrogen-bond acceptors (Lipinski definition) is 3. The molecule has 0 bridgehead atoms. The van der Waals surface area contributed by atoms with Crippen LogP contribution in [0.3, 0.4) is 0 Å². The van der Waals surface area contributed by atoms with Gasteiger partial charge in [-0.25, -0.2) is 0 Å². The molecule has 7 heteroatoms. The zero-order chi connectivity index (χ0) is 16.3. The molecule has 2 heterocycles. The summed E-state index contributed by atoms with van der Waals surface area (Å²) in [7, 11) is 1.83. The fourth-order valence-electron chi connectivity index (χ4n) is 2.97. The Labute approximate surface area is 160 Å². The van der Waals surface area contributed by atoms with Gasteiger partial charge in [-0.3, -0.25) is 9.56 Å². The van der Waals surface area contributed by atoms with Gasteiger partial charge in [0.1, 0.15) is 6.33 Å². The second-order valence-corrected chi connectivity index (χ2v) is 6.69. The first kappa shape index (κ1) is 18.7. The van der Waals surface area contributed by atoms with Crippen LogP contribution in [0.25, 0.3) is 5.69 Å². The Hall–Kier alpha value is -1.64. The van der Waals surface area contributed by atoms with E-state index in [2.05, 4.69) is 39.3 Å². The molecule has 1 aliphatic heterocycles. The van der Waals surface area contributed by atoms with E-state index in [1.807, 2.05) is 41.9 Å². The van der Waals surface area contributed by atoms with Crippen molar-refractivity contribution in [2.75, 3.05) is 20.1 Å². The van der Waals surface area contributed by atoms with Crippen LogP contribution in [0.4, 0.5) is 0 Å². The Bertz CT molecular complexity index is 679. The molecule has 1 aliphatic rings. The number of para-hydroxylation sites is 1. The van der Waals surface area contributed by atoms with Crippen molar-refractivity contribution in [1.82, 2.24) is 25.0 Å². The minimum atomic E-state index is 0. The summed E-state index contributed by atoms with van der Waals surface area (Å²) >= 11 is 0. The lowest BCUT2D eigenvalue weighted by Gasteiger charge is -2.23. The fourth-order valence-corrected chi connectivity index (χ4v) is 2.97. The number of hydrogen-bond donors (Lipinski definition) is 1. The molecule has 3 rings (SSSR count). The number of guanidine groups is 1. The third kappa shape index (κ3) is 4.25.